The fourth-order valence-corrected chi connectivity index (χ4v) is 4.19. The number of aliphatic imine (C=N–C) groups is 1. The minimum absolute atomic E-state index is 0.602. The maximum Gasteiger partial charge on any atom is 0.210 e. The molecule has 4 N–H and O–H groups in total. The molecule has 0 spiro atoms. The lowest BCUT2D eigenvalue weighted by atomic mass is 10.3. The van der Waals surface area contributed by atoms with Crippen LogP contribution in [0.4, 0.5) is 5.69 Å². The van der Waals surface area contributed by atoms with Crippen molar-refractivity contribution in [3.63, 3.8) is 0 Å². The summed E-state index contributed by atoms with van der Waals surface area (Å²) in [5.74, 6) is 9.77. The summed E-state index contributed by atoms with van der Waals surface area (Å²) in [4.78, 5) is 4.50. The van der Waals surface area contributed by atoms with E-state index in [1.54, 1.807) is 0 Å². The number of benzene rings is 1. The Morgan fingerprint density at radius 3 is 2.83 bits per heavy atom. The summed E-state index contributed by atoms with van der Waals surface area (Å²) in [6.07, 6.45) is 0. The van der Waals surface area contributed by atoms with Gasteiger partial charge in [0.15, 0.2) is 0 Å². The number of nitrogens with two attached hydrogens (primary N) is 1. The van der Waals surface area contributed by atoms with Gasteiger partial charge < -0.3 is 5.32 Å². The van der Waals surface area contributed by atoms with Crippen LogP contribution in [0.25, 0.3) is 0 Å². The van der Waals surface area contributed by atoms with Gasteiger partial charge in [-0.15, -0.1) is 0 Å². The standard InChI is InChI=1S/C12H18N4S2/c13-16-12(15-10-4-2-1-3-5-10)14-8-11-9-17-6-7-18-11/h1-5,11H,6-9,13H2,(H2,14,15,16). The Morgan fingerprint density at radius 1 is 1.33 bits per heavy atom. The van der Waals surface area contributed by atoms with Gasteiger partial charge in [-0.05, 0) is 12.1 Å². The van der Waals surface area contributed by atoms with Crippen molar-refractivity contribution in [1.29, 1.82) is 0 Å². The maximum absolute atomic E-state index is 5.48. The van der Waals surface area contributed by atoms with E-state index in [1.807, 2.05) is 53.9 Å². The Bertz CT molecular complexity index is 377. The molecule has 0 aliphatic carbocycles. The Labute approximate surface area is 116 Å². The molecule has 98 valence electrons. The van der Waals surface area contributed by atoms with E-state index >= 15 is 0 Å². The summed E-state index contributed by atoms with van der Waals surface area (Å²) < 4.78 is 0. The first kappa shape index (κ1) is 13.6. The topological polar surface area (TPSA) is 62.4 Å². The summed E-state index contributed by atoms with van der Waals surface area (Å²) in [7, 11) is 0. The van der Waals surface area contributed by atoms with Gasteiger partial charge in [-0.25, -0.2) is 5.84 Å². The molecular formula is C12H18N4S2. The van der Waals surface area contributed by atoms with Crippen LogP contribution in [-0.2, 0) is 0 Å². The normalized spacial score (nSPS) is 20.5. The highest BCUT2D eigenvalue weighted by Crippen LogP contribution is 2.23. The number of nitrogens with one attached hydrogen (secondary N) is 2. The number of anilines is 1. The molecule has 1 saturated heterocycles. The Morgan fingerprint density at radius 2 is 2.17 bits per heavy atom. The molecule has 0 aromatic heterocycles. The Hall–Kier alpha value is -0.850. The zero-order chi connectivity index (χ0) is 12.6. The lowest BCUT2D eigenvalue weighted by molar-refractivity contribution is 0.923. The first-order chi connectivity index (χ1) is 8.88. The molecule has 1 unspecified atom stereocenters. The SMILES string of the molecule is NNC(=NCC1CSCCS1)Nc1ccccc1. The van der Waals surface area contributed by atoms with Gasteiger partial charge in [-0.3, -0.25) is 10.4 Å². The van der Waals surface area contributed by atoms with Crippen LogP contribution in [-0.4, -0.2) is 35.0 Å². The number of hydrogen-bond donors (Lipinski definition) is 3. The molecule has 0 amide bonds. The average Bonchev–Trinajstić information content (AvgIpc) is 2.45. The highest BCUT2D eigenvalue weighted by atomic mass is 32.2. The van der Waals surface area contributed by atoms with Gasteiger partial charge >= 0.3 is 0 Å². The van der Waals surface area contributed by atoms with Crippen molar-refractivity contribution in [2.75, 3.05) is 29.1 Å². The number of thioether (sulfide) groups is 2. The maximum atomic E-state index is 5.48. The summed E-state index contributed by atoms with van der Waals surface area (Å²) in [5, 5.41) is 3.77. The van der Waals surface area contributed by atoms with Gasteiger partial charge in [0.2, 0.25) is 5.96 Å². The lowest BCUT2D eigenvalue weighted by Crippen LogP contribution is -2.37. The van der Waals surface area contributed by atoms with E-state index in [9.17, 15) is 0 Å². The number of para-hydroxylation sites is 1. The fraction of sp³-hybridized carbons (Fsp3) is 0.417. The first-order valence-corrected chi connectivity index (χ1v) is 8.11. The van der Waals surface area contributed by atoms with Gasteiger partial charge in [0.05, 0.1) is 6.54 Å². The van der Waals surface area contributed by atoms with Crippen molar-refractivity contribution >= 4 is 35.2 Å². The van der Waals surface area contributed by atoms with Crippen LogP contribution in [0, 0.1) is 0 Å². The number of guanidine groups is 1. The van der Waals surface area contributed by atoms with Crippen molar-refractivity contribution in [2.24, 2.45) is 10.8 Å². The molecular weight excluding hydrogens is 264 g/mol. The van der Waals surface area contributed by atoms with Crippen LogP contribution in [0.5, 0.6) is 0 Å². The van der Waals surface area contributed by atoms with Gasteiger partial charge in [-0.1, -0.05) is 18.2 Å². The van der Waals surface area contributed by atoms with Crippen LogP contribution >= 0.6 is 23.5 Å². The third-order valence-corrected chi connectivity index (χ3v) is 5.34. The number of hydrazine groups is 1. The van der Waals surface area contributed by atoms with E-state index in [1.165, 1.54) is 17.3 Å². The molecule has 1 heterocycles. The van der Waals surface area contributed by atoms with E-state index in [0.717, 1.165) is 12.2 Å². The first-order valence-electron chi connectivity index (χ1n) is 5.91. The average molecular weight is 282 g/mol. The van der Waals surface area contributed by atoms with E-state index in [0.29, 0.717) is 11.2 Å². The molecule has 6 heteroatoms. The van der Waals surface area contributed by atoms with E-state index < -0.39 is 0 Å². The van der Waals surface area contributed by atoms with Gasteiger partial charge in [0, 0.05) is 28.2 Å². The van der Waals surface area contributed by atoms with Crippen molar-refractivity contribution in [2.45, 2.75) is 5.25 Å². The van der Waals surface area contributed by atoms with Crippen molar-refractivity contribution in [3.8, 4) is 0 Å². The summed E-state index contributed by atoms with van der Waals surface area (Å²) in [6.45, 7) is 0.803. The third-order valence-electron chi connectivity index (χ3n) is 2.51. The number of nitrogens with zero attached hydrogens (tertiary/aromatic N) is 1. The Kier molecular flexibility index (Phi) is 5.70. The number of rotatable bonds is 3. The summed E-state index contributed by atoms with van der Waals surface area (Å²) in [5.41, 5.74) is 3.60. The Balaban J connectivity index is 1.87. The predicted octanol–water partition coefficient (Wildman–Crippen LogP) is 1.77. The lowest BCUT2D eigenvalue weighted by Gasteiger charge is -2.19. The minimum Gasteiger partial charge on any atom is -0.325 e. The van der Waals surface area contributed by atoms with Gasteiger partial charge in [0.25, 0.3) is 0 Å². The minimum atomic E-state index is 0.602. The molecule has 1 aromatic carbocycles. The predicted molar refractivity (Wildman–Crippen MR) is 83.3 cm³/mol. The fourth-order valence-electron chi connectivity index (χ4n) is 1.61. The second-order valence-corrected chi connectivity index (χ2v) is 6.45. The molecule has 0 saturated carbocycles. The van der Waals surface area contributed by atoms with Crippen molar-refractivity contribution in [3.05, 3.63) is 30.3 Å². The second-order valence-electron chi connectivity index (χ2n) is 3.89. The second kappa shape index (κ2) is 7.56. The number of hydrogen-bond acceptors (Lipinski definition) is 4. The van der Waals surface area contributed by atoms with Crippen LogP contribution in [0.15, 0.2) is 35.3 Å². The highest BCUT2D eigenvalue weighted by molar-refractivity contribution is 8.06. The van der Waals surface area contributed by atoms with E-state index in [-0.39, 0.29) is 0 Å². The van der Waals surface area contributed by atoms with Crippen LogP contribution in [0.1, 0.15) is 0 Å². The van der Waals surface area contributed by atoms with Crippen molar-refractivity contribution < 1.29 is 0 Å². The molecule has 1 aromatic rings. The van der Waals surface area contributed by atoms with Crippen molar-refractivity contribution in [1.82, 2.24) is 5.43 Å². The molecule has 1 aliphatic heterocycles. The molecule has 1 atom stereocenters. The van der Waals surface area contributed by atoms with Gasteiger partial charge in [0.1, 0.15) is 0 Å². The molecule has 0 radical (unpaired) electrons. The van der Waals surface area contributed by atoms with Gasteiger partial charge in [-0.2, -0.15) is 23.5 Å². The quantitative estimate of drug-likeness (QED) is 0.341. The highest BCUT2D eigenvalue weighted by Gasteiger charge is 2.13. The monoisotopic (exact) mass is 282 g/mol. The molecule has 1 aliphatic rings. The largest absolute Gasteiger partial charge is 0.325 e. The zero-order valence-electron chi connectivity index (χ0n) is 10.1. The van der Waals surface area contributed by atoms with Crippen LogP contribution < -0.4 is 16.6 Å². The molecule has 4 nitrogen and oxygen atoms in total. The summed E-state index contributed by atoms with van der Waals surface area (Å²) >= 11 is 4.00. The molecule has 1 fully saturated rings. The smallest absolute Gasteiger partial charge is 0.210 e. The van der Waals surface area contributed by atoms with Crippen LogP contribution in [0.2, 0.25) is 0 Å². The van der Waals surface area contributed by atoms with E-state index in [4.69, 9.17) is 5.84 Å². The zero-order valence-corrected chi connectivity index (χ0v) is 11.8. The third kappa shape index (κ3) is 4.44. The van der Waals surface area contributed by atoms with Crippen LogP contribution in [0.3, 0.4) is 0 Å². The molecule has 0 bridgehead atoms. The van der Waals surface area contributed by atoms with E-state index in [2.05, 4.69) is 15.7 Å². The molecule has 18 heavy (non-hydrogen) atoms. The molecule has 2 rings (SSSR count). The summed E-state index contributed by atoms with van der Waals surface area (Å²) in [6, 6.07) is 9.90.